The van der Waals surface area contributed by atoms with Crippen molar-refractivity contribution in [2.24, 2.45) is 5.92 Å². The minimum absolute atomic E-state index is 0.868. The Labute approximate surface area is 76.5 Å². The van der Waals surface area contributed by atoms with Gasteiger partial charge in [-0.15, -0.1) is 0 Å². The van der Waals surface area contributed by atoms with Crippen LogP contribution in [0, 0.1) is 28.6 Å². The average Bonchev–Trinajstić information content (AvgIpc) is 2.03. The number of ketones is 1. The van der Waals surface area contributed by atoms with Crippen molar-refractivity contribution in [1.29, 1.82) is 10.5 Å². The maximum Gasteiger partial charge on any atom is 0.192 e. The van der Waals surface area contributed by atoms with Crippen molar-refractivity contribution in [1.82, 2.24) is 0 Å². The van der Waals surface area contributed by atoms with Gasteiger partial charge >= 0.3 is 0 Å². The molecule has 0 aliphatic carbocycles. The van der Waals surface area contributed by atoms with Gasteiger partial charge in [-0.3, -0.25) is 4.79 Å². The van der Waals surface area contributed by atoms with Gasteiger partial charge in [0.2, 0.25) is 0 Å². The molecule has 0 aliphatic heterocycles. The van der Waals surface area contributed by atoms with Crippen molar-refractivity contribution in [2.45, 2.75) is 12.2 Å². The molecule has 0 radical (unpaired) electrons. The number of sulfone groups is 1. The average molecular weight is 200 g/mol. The number of Topliss-reactive ketones (excluding diaryl/α,β-unsaturated/α-hetero) is 1. The fourth-order valence-corrected chi connectivity index (χ4v) is 1.16. The number of carbonyl (C=O) groups excluding carboxylic acids is 1. The maximum atomic E-state index is 11.1. The zero-order valence-corrected chi connectivity index (χ0v) is 8.00. The quantitative estimate of drug-likeness (QED) is 0.620. The van der Waals surface area contributed by atoms with Crippen LogP contribution >= 0.6 is 0 Å². The molecule has 0 rings (SSSR count). The van der Waals surface area contributed by atoms with E-state index < -0.39 is 26.8 Å². The van der Waals surface area contributed by atoms with Gasteiger partial charge in [-0.2, -0.15) is 10.5 Å². The highest BCUT2D eigenvalue weighted by Gasteiger charge is 2.30. The van der Waals surface area contributed by atoms with Crippen molar-refractivity contribution < 1.29 is 13.2 Å². The minimum Gasteiger partial charge on any atom is -0.296 e. The van der Waals surface area contributed by atoms with Crippen molar-refractivity contribution in [3.63, 3.8) is 0 Å². The molecule has 0 aromatic carbocycles. The van der Waals surface area contributed by atoms with Crippen LogP contribution in [0.2, 0.25) is 0 Å². The molecule has 1 unspecified atom stereocenters. The Hall–Kier alpha value is -1.40. The fraction of sp³-hybridized carbons (Fsp3) is 0.571. The summed E-state index contributed by atoms with van der Waals surface area (Å²) in [6, 6.07) is 2.86. The van der Waals surface area contributed by atoms with Gasteiger partial charge < -0.3 is 0 Å². The zero-order valence-electron chi connectivity index (χ0n) is 7.18. The Kier molecular flexibility index (Phi) is 3.58. The van der Waals surface area contributed by atoms with Gasteiger partial charge in [0.1, 0.15) is 5.25 Å². The third-order valence-corrected chi connectivity index (χ3v) is 3.10. The van der Waals surface area contributed by atoms with E-state index in [1.165, 1.54) is 19.1 Å². The van der Waals surface area contributed by atoms with Crippen molar-refractivity contribution in [3.05, 3.63) is 0 Å². The molecule has 0 aromatic heterocycles. The summed E-state index contributed by atoms with van der Waals surface area (Å²) in [7, 11) is -3.52. The Morgan fingerprint density at radius 2 is 1.69 bits per heavy atom. The predicted molar refractivity (Wildman–Crippen MR) is 44.0 cm³/mol. The second-order valence-corrected chi connectivity index (χ2v) is 4.93. The van der Waals surface area contributed by atoms with Gasteiger partial charge in [0, 0.05) is 6.26 Å². The molecule has 13 heavy (non-hydrogen) atoms. The highest BCUT2D eigenvalue weighted by Crippen LogP contribution is 2.06. The van der Waals surface area contributed by atoms with Gasteiger partial charge in [-0.1, -0.05) is 0 Å². The molecule has 0 saturated heterocycles. The number of rotatable bonds is 3. The molecule has 0 aromatic rings. The molecular weight excluding hydrogens is 192 g/mol. The lowest BCUT2D eigenvalue weighted by molar-refractivity contribution is -0.119. The second-order valence-electron chi connectivity index (χ2n) is 2.57. The molecule has 6 heteroatoms. The number of nitriles is 2. The van der Waals surface area contributed by atoms with Crippen LogP contribution in [0.1, 0.15) is 6.92 Å². The predicted octanol–water partition coefficient (Wildman–Crippen LogP) is -0.348. The molecule has 70 valence electrons. The number of nitrogens with zero attached hydrogens (tertiary/aromatic N) is 2. The smallest absolute Gasteiger partial charge is 0.192 e. The molecule has 0 amide bonds. The van der Waals surface area contributed by atoms with Crippen LogP contribution in [0.3, 0.4) is 0 Å². The Bertz CT molecular complexity index is 371. The normalized spacial score (nSPS) is 13.0. The number of carbonyl (C=O) groups is 1. The molecule has 0 aliphatic rings. The first kappa shape index (κ1) is 11.6. The molecular formula is C7H8N2O3S. The van der Waals surface area contributed by atoms with Crippen LogP contribution in [-0.4, -0.2) is 25.7 Å². The summed E-state index contributed by atoms with van der Waals surface area (Å²) in [6.07, 6.45) is 0.890. The fourth-order valence-electron chi connectivity index (χ4n) is 0.602. The molecule has 1 atom stereocenters. The summed E-state index contributed by atoms with van der Waals surface area (Å²) in [5.41, 5.74) is 0. The van der Waals surface area contributed by atoms with E-state index in [1.807, 2.05) is 0 Å². The molecule has 0 N–H and O–H groups in total. The Morgan fingerprint density at radius 3 is 1.92 bits per heavy atom. The molecule has 5 nitrogen and oxygen atoms in total. The van der Waals surface area contributed by atoms with E-state index in [0.29, 0.717) is 0 Å². The summed E-state index contributed by atoms with van der Waals surface area (Å²) in [5.74, 6) is -2.36. The van der Waals surface area contributed by atoms with Gasteiger partial charge in [-0.05, 0) is 6.92 Å². The van der Waals surface area contributed by atoms with Crippen LogP contribution in [0.25, 0.3) is 0 Å². The highest BCUT2D eigenvalue weighted by molar-refractivity contribution is 7.92. The summed E-state index contributed by atoms with van der Waals surface area (Å²) < 4.78 is 21.7. The molecule has 0 spiro atoms. The summed E-state index contributed by atoms with van der Waals surface area (Å²) in [5, 5.41) is 15.4. The maximum absolute atomic E-state index is 11.1. The van der Waals surface area contributed by atoms with Crippen LogP contribution in [0.4, 0.5) is 0 Å². The van der Waals surface area contributed by atoms with Gasteiger partial charge in [0.15, 0.2) is 21.5 Å². The monoisotopic (exact) mass is 200 g/mol. The van der Waals surface area contributed by atoms with E-state index in [0.717, 1.165) is 6.26 Å². The lowest BCUT2D eigenvalue weighted by atomic mass is 10.1. The van der Waals surface area contributed by atoms with Crippen LogP contribution in [0.15, 0.2) is 0 Å². The molecule has 0 bridgehead atoms. The van der Waals surface area contributed by atoms with E-state index in [2.05, 4.69) is 0 Å². The first-order valence-corrected chi connectivity index (χ1v) is 5.32. The van der Waals surface area contributed by atoms with Crippen molar-refractivity contribution >= 4 is 15.6 Å². The highest BCUT2D eigenvalue weighted by atomic mass is 32.2. The van der Waals surface area contributed by atoms with E-state index in [4.69, 9.17) is 10.5 Å². The summed E-state index contributed by atoms with van der Waals surface area (Å²) >= 11 is 0. The first-order chi connectivity index (χ1) is 5.84. The third-order valence-electron chi connectivity index (χ3n) is 1.59. The van der Waals surface area contributed by atoms with Crippen LogP contribution in [-0.2, 0) is 14.6 Å². The Morgan fingerprint density at radius 1 is 1.31 bits per heavy atom. The van der Waals surface area contributed by atoms with Crippen molar-refractivity contribution in [2.75, 3.05) is 6.26 Å². The minimum atomic E-state index is -3.52. The number of hydrogen-bond acceptors (Lipinski definition) is 5. The third kappa shape index (κ3) is 2.85. The van der Waals surface area contributed by atoms with Crippen molar-refractivity contribution in [3.8, 4) is 12.1 Å². The van der Waals surface area contributed by atoms with E-state index in [-0.39, 0.29) is 0 Å². The lowest BCUT2D eigenvalue weighted by Gasteiger charge is -2.06. The second kappa shape index (κ2) is 4.01. The van der Waals surface area contributed by atoms with Gasteiger partial charge in [0.05, 0.1) is 12.1 Å². The van der Waals surface area contributed by atoms with E-state index in [1.54, 1.807) is 0 Å². The zero-order chi connectivity index (χ0) is 10.6. The first-order valence-electron chi connectivity index (χ1n) is 3.36. The standard InChI is InChI=1S/C7H8N2O3S/c1-5(13(2,11)12)7(10)6(3-8)4-9/h5-6H,1-2H3. The van der Waals surface area contributed by atoms with Crippen LogP contribution < -0.4 is 0 Å². The molecule has 0 fully saturated rings. The SMILES string of the molecule is CC(C(=O)C(C#N)C#N)S(C)(=O)=O. The summed E-state index contributed by atoms with van der Waals surface area (Å²) in [4.78, 5) is 11.1. The van der Waals surface area contributed by atoms with E-state index >= 15 is 0 Å². The topological polar surface area (TPSA) is 98.8 Å². The summed E-state index contributed by atoms with van der Waals surface area (Å²) in [6.45, 7) is 1.17. The molecule has 0 saturated carbocycles. The number of hydrogen-bond donors (Lipinski definition) is 0. The van der Waals surface area contributed by atoms with Crippen LogP contribution in [0.5, 0.6) is 0 Å². The van der Waals surface area contributed by atoms with E-state index in [9.17, 15) is 13.2 Å². The molecule has 0 heterocycles. The Balaban J connectivity index is 4.87. The lowest BCUT2D eigenvalue weighted by Crippen LogP contribution is -2.30. The van der Waals surface area contributed by atoms with Gasteiger partial charge in [-0.25, -0.2) is 8.42 Å². The van der Waals surface area contributed by atoms with Gasteiger partial charge in [0.25, 0.3) is 0 Å². The largest absolute Gasteiger partial charge is 0.296 e.